The van der Waals surface area contributed by atoms with Gasteiger partial charge in [-0.25, -0.2) is 0 Å². The SMILES string of the molecule is CC(C)c1ccccc1NC(=O)CCCN. The molecule has 1 aromatic rings. The predicted octanol–water partition coefficient (Wildman–Crippen LogP) is 2.49. The quantitative estimate of drug-likeness (QED) is 0.801. The van der Waals surface area contributed by atoms with E-state index in [-0.39, 0.29) is 5.91 Å². The Labute approximate surface area is 97.0 Å². The number of amides is 1. The van der Waals surface area contributed by atoms with Crippen LogP contribution in [-0.2, 0) is 4.79 Å². The van der Waals surface area contributed by atoms with E-state index in [4.69, 9.17) is 5.73 Å². The van der Waals surface area contributed by atoms with Crippen LogP contribution in [0.5, 0.6) is 0 Å². The van der Waals surface area contributed by atoms with Gasteiger partial charge in [0.15, 0.2) is 0 Å². The summed E-state index contributed by atoms with van der Waals surface area (Å²) in [5, 5.41) is 2.93. The van der Waals surface area contributed by atoms with Crippen molar-refractivity contribution in [2.45, 2.75) is 32.6 Å². The number of hydrogen-bond donors (Lipinski definition) is 2. The molecule has 3 nitrogen and oxygen atoms in total. The van der Waals surface area contributed by atoms with Crippen LogP contribution in [0.1, 0.15) is 38.2 Å². The highest BCUT2D eigenvalue weighted by Gasteiger charge is 2.08. The van der Waals surface area contributed by atoms with E-state index >= 15 is 0 Å². The molecule has 0 saturated heterocycles. The summed E-state index contributed by atoms with van der Waals surface area (Å²) in [5.41, 5.74) is 7.45. The summed E-state index contributed by atoms with van der Waals surface area (Å²) in [6.45, 7) is 4.79. The van der Waals surface area contributed by atoms with Gasteiger partial charge in [0.25, 0.3) is 0 Å². The number of nitrogens with two attached hydrogens (primary N) is 1. The van der Waals surface area contributed by atoms with Gasteiger partial charge in [0, 0.05) is 12.1 Å². The molecule has 1 rings (SSSR count). The Balaban J connectivity index is 2.69. The maximum atomic E-state index is 11.6. The van der Waals surface area contributed by atoms with Crippen LogP contribution in [0.25, 0.3) is 0 Å². The summed E-state index contributed by atoms with van der Waals surface area (Å²) in [5.74, 6) is 0.449. The maximum absolute atomic E-state index is 11.6. The first-order chi connectivity index (χ1) is 7.65. The van der Waals surface area contributed by atoms with Crippen molar-refractivity contribution in [2.24, 2.45) is 5.73 Å². The van der Waals surface area contributed by atoms with Gasteiger partial charge in [0.1, 0.15) is 0 Å². The minimum absolute atomic E-state index is 0.0403. The highest BCUT2D eigenvalue weighted by Crippen LogP contribution is 2.23. The van der Waals surface area contributed by atoms with Gasteiger partial charge in [-0.2, -0.15) is 0 Å². The van der Waals surface area contributed by atoms with Crippen LogP contribution in [0, 0.1) is 0 Å². The average Bonchev–Trinajstić information content (AvgIpc) is 2.27. The lowest BCUT2D eigenvalue weighted by molar-refractivity contribution is -0.116. The van der Waals surface area contributed by atoms with E-state index < -0.39 is 0 Å². The Bertz CT molecular complexity index is 348. The molecular weight excluding hydrogens is 200 g/mol. The standard InChI is InChI=1S/C13H20N2O/c1-10(2)11-6-3-4-7-12(11)15-13(16)8-5-9-14/h3-4,6-7,10H,5,8-9,14H2,1-2H3,(H,15,16). The fraction of sp³-hybridized carbons (Fsp3) is 0.462. The molecule has 0 aromatic heterocycles. The Morgan fingerprint density at radius 2 is 2.06 bits per heavy atom. The van der Waals surface area contributed by atoms with Crippen molar-refractivity contribution < 1.29 is 4.79 Å². The molecule has 0 spiro atoms. The van der Waals surface area contributed by atoms with Gasteiger partial charge in [0.2, 0.25) is 5.91 Å². The van der Waals surface area contributed by atoms with E-state index in [2.05, 4.69) is 19.2 Å². The van der Waals surface area contributed by atoms with Crippen LogP contribution in [-0.4, -0.2) is 12.5 Å². The molecule has 16 heavy (non-hydrogen) atoms. The minimum Gasteiger partial charge on any atom is -0.330 e. The molecule has 1 aromatic carbocycles. The van der Waals surface area contributed by atoms with Crippen LogP contribution in [0.3, 0.4) is 0 Å². The van der Waals surface area contributed by atoms with Gasteiger partial charge in [-0.1, -0.05) is 32.0 Å². The zero-order valence-corrected chi connectivity index (χ0v) is 9.99. The molecule has 0 fully saturated rings. The molecule has 3 N–H and O–H groups in total. The van der Waals surface area contributed by atoms with Crippen LogP contribution in [0.4, 0.5) is 5.69 Å². The largest absolute Gasteiger partial charge is 0.330 e. The zero-order chi connectivity index (χ0) is 12.0. The summed E-state index contributed by atoms with van der Waals surface area (Å²) in [6.07, 6.45) is 1.22. The van der Waals surface area contributed by atoms with E-state index in [0.29, 0.717) is 18.9 Å². The molecule has 0 heterocycles. The first kappa shape index (κ1) is 12.7. The van der Waals surface area contributed by atoms with Crippen LogP contribution in [0.2, 0.25) is 0 Å². The highest BCUT2D eigenvalue weighted by molar-refractivity contribution is 5.91. The molecule has 0 aliphatic heterocycles. The Kier molecular flexibility index (Phi) is 4.99. The van der Waals surface area contributed by atoms with Crippen molar-refractivity contribution in [2.75, 3.05) is 11.9 Å². The lowest BCUT2D eigenvalue weighted by atomic mass is 10.0. The second-order valence-electron chi connectivity index (χ2n) is 4.18. The van der Waals surface area contributed by atoms with E-state index in [1.165, 1.54) is 5.56 Å². The molecule has 3 heteroatoms. The number of anilines is 1. The summed E-state index contributed by atoms with van der Waals surface area (Å²) in [6, 6.07) is 7.91. The van der Waals surface area contributed by atoms with E-state index in [9.17, 15) is 4.79 Å². The molecule has 0 atom stereocenters. The van der Waals surface area contributed by atoms with E-state index in [1.54, 1.807) is 0 Å². The third-order valence-corrected chi connectivity index (χ3v) is 2.46. The van der Waals surface area contributed by atoms with Gasteiger partial charge >= 0.3 is 0 Å². The number of para-hydroxylation sites is 1. The third-order valence-electron chi connectivity index (χ3n) is 2.46. The molecule has 0 aliphatic carbocycles. The van der Waals surface area contributed by atoms with E-state index in [1.807, 2.05) is 24.3 Å². The first-order valence-electron chi connectivity index (χ1n) is 5.74. The van der Waals surface area contributed by atoms with Crippen LogP contribution < -0.4 is 11.1 Å². The van der Waals surface area contributed by atoms with Gasteiger partial charge < -0.3 is 11.1 Å². The minimum atomic E-state index is 0.0403. The number of carbonyl (C=O) groups is 1. The summed E-state index contributed by atoms with van der Waals surface area (Å²) < 4.78 is 0. The van der Waals surface area contributed by atoms with Gasteiger partial charge in [0.05, 0.1) is 0 Å². The summed E-state index contributed by atoms with van der Waals surface area (Å²) in [4.78, 5) is 11.6. The molecule has 88 valence electrons. The molecule has 0 saturated carbocycles. The summed E-state index contributed by atoms with van der Waals surface area (Å²) in [7, 11) is 0. The topological polar surface area (TPSA) is 55.1 Å². The highest BCUT2D eigenvalue weighted by atomic mass is 16.1. The smallest absolute Gasteiger partial charge is 0.224 e. The normalized spacial score (nSPS) is 10.5. The van der Waals surface area contributed by atoms with Crippen molar-refractivity contribution in [3.8, 4) is 0 Å². The molecule has 1 amide bonds. The fourth-order valence-corrected chi connectivity index (χ4v) is 1.59. The first-order valence-corrected chi connectivity index (χ1v) is 5.74. The lowest BCUT2D eigenvalue weighted by Gasteiger charge is -2.13. The van der Waals surface area contributed by atoms with E-state index in [0.717, 1.165) is 12.1 Å². The van der Waals surface area contributed by atoms with Crippen molar-refractivity contribution >= 4 is 11.6 Å². The number of nitrogens with one attached hydrogen (secondary N) is 1. The molecule has 0 aliphatic rings. The van der Waals surface area contributed by atoms with Gasteiger partial charge in [-0.3, -0.25) is 4.79 Å². The molecule has 0 radical (unpaired) electrons. The number of hydrogen-bond acceptors (Lipinski definition) is 2. The monoisotopic (exact) mass is 220 g/mol. The second kappa shape index (κ2) is 6.28. The second-order valence-corrected chi connectivity index (χ2v) is 4.18. The number of benzene rings is 1. The fourth-order valence-electron chi connectivity index (χ4n) is 1.59. The molecule has 0 bridgehead atoms. The Morgan fingerprint density at radius 3 is 2.69 bits per heavy atom. The van der Waals surface area contributed by atoms with Crippen molar-refractivity contribution in [1.29, 1.82) is 0 Å². The van der Waals surface area contributed by atoms with Gasteiger partial charge in [-0.15, -0.1) is 0 Å². The number of rotatable bonds is 5. The third kappa shape index (κ3) is 3.66. The van der Waals surface area contributed by atoms with Crippen molar-refractivity contribution in [1.82, 2.24) is 0 Å². The molecular formula is C13H20N2O. The van der Waals surface area contributed by atoms with Gasteiger partial charge in [-0.05, 0) is 30.5 Å². The zero-order valence-electron chi connectivity index (χ0n) is 9.99. The molecule has 0 unspecified atom stereocenters. The van der Waals surface area contributed by atoms with Crippen molar-refractivity contribution in [3.63, 3.8) is 0 Å². The predicted molar refractivity (Wildman–Crippen MR) is 67.4 cm³/mol. The maximum Gasteiger partial charge on any atom is 0.224 e. The Hall–Kier alpha value is -1.35. The van der Waals surface area contributed by atoms with Crippen molar-refractivity contribution in [3.05, 3.63) is 29.8 Å². The Morgan fingerprint density at radius 1 is 1.38 bits per heavy atom. The number of carbonyl (C=O) groups excluding carboxylic acids is 1. The average molecular weight is 220 g/mol. The lowest BCUT2D eigenvalue weighted by Crippen LogP contribution is -2.14. The summed E-state index contributed by atoms with van der Waals surface area (Å²) >= 11 is 0. The van der Waals surface area contributed by atoms with Crippen LogP contribution >= 0.6 is 0 Å². The van der Waals surface area contributed by atoms with Crippen LogP contribution in [0.15, 0.2) is 24.3 Å².